The summed E-state index contributed by atoms with van der Waals surface area (Å²) in [6, 6.07) is 0. The van der Waals surface area contributed by atoms with Crippen molar-refractivity contribution in [3.63, 3.8) is 0 Å². The van der Waals surface area contributed by atoms with Crippen LogP contribution >= 0.6 is 0 Å². The lowest BCUT2D eigenvalue weighted by atomic mass is 9.79. The van der Waals surface area contributed by atoms with Gasteiger partial charge in [-0.05, 0) is 30.6 Å². The lowest BCUT2D eigenvalue weighted by Gasteiger charge is -2.28. The molecular weight excluding hydrogens is 220 g/mol. The van der Waals surface area contributed by atoms with Crippen LogP contribution in [0, 0.1) is 17.8 Å². The maximum atomic E-state index is 5.27. The topological polar surface area (TPSA) is 9.23 Å². The summed E-state index contributed by atoms with van der Waals surface area (Å²) in [5.41, 5.74) is 0. The van der Waals surface area contributed by atoms with E-state index in [9.17, 15) is 0 Å². The van der Waals surface area contributed by atoms with Crippen LogP contribution in [0.3, 0.4) is 0 Å². The molecule has 1 rings (SSSR count). The third-order valence-electron chi connectivity index (χ3n) is 4.87. The van der Waals surface area contributed by atoms with Gasteiger partial charge in [0.2, 0.25) is 0 Å². The van der Waals surface area contributed by atoms with Crippen LogP contribution in [0.2, 0.25) is 0 Å². The van der Waals surface area contributed by atoms with Crippen LogP contribution in [0.15, 0.2) is 0 Å². The Morgan fingerprint density at radius 3 is 2.22 bits per heavy atom. The Bertz CT molecular complexity index is 182. The largest absolute Gasteiger partial charge is 0.384 e. The lowest BCUT2D eigenvalue weighted by molar-refractivity contribution is 0.116. The second-order valence-electron chi connectivity index (χ2n) is 6.34. The normalized spacial score (nSPS) is 26.2. The highest BCUT2D eigenvalue weighted by atomic mass is 16.5. The summed E-state index contributed by atoms with van der Waals surface area (Å²) >= 11 is 0. The minimum atomic E-state index is 0.856. The van der Waals surface area contributed by atoms with Gasteiger partial charge < -0.3 is 4.74 Å². The van der Waals surface area contributed by atoms with E-state index in [0.717, 1.165) is 24.4 Å². The van der Waals surface area contributed by atoms with E-state index in [1.807, 2.05) is 7.11 Å². The predicted octanol–water partition coefficient (Wildman–Crippen LogP) is 5.44. The Balaban J connectivity index is 2.06. The van der Waals surface area contributed by atoms with E-state index in [1.165, 1.54) is 64.2 Å². The lowest BCUT2D eigenvalue weighted by Crippen LogP contribution is -2.18. The number of methoxy groups -OCH3 is 1. The second-order valence-corrected chi connectivity index (χ2v) is 6.34. The van der Waals surface area contributed by atoms with Gasteiger partial charge >= 0.3 is 0 Å². The van der Waals surface area contributed by atoms with Crippen LogP contribution in [0.1, 0.15) is 78.1 Å². The zero-order valence-corrected chi connectivity index (χ0v) is 12.9. The van der Waals surface area contributed by atoms with E-state index in [4.69, 9.17) is 4.74 Å². The number of rotatable bonds is 9. The van der Waals surface area contributed by atoms with Crippen molar-refractivity contribution in [3.05, 3.63) is 0 Å². The molecule has 0 aromatic heterocycles. The number of ether oxygens (including phenoxy) is 1. The smallest absolute Gasteiger partial charge is 0.0490 e. The standard InChI is InChI=1S/C17H34O/c1-4-7-15(5-2)8-6-9-16-10-12-17(13-11-16)14-18-3/h15-17H,4-14H2,1-3H3/t15-,16?,17?/m1/s1. The molecule has 0 aromatic rings. The first kappa shape index (κ1) is 16.0. The quantitative estimate of drug-likeness (QED) is 0.532. The summed E-state index contributed by atoms with van der Waals surface area (Å²) in [6.07, 6.45) is 14.3. The molecule has 0 spiro atoms. The van der Waals surface area contributed by atoms with E-state index >= 15 is 0 Å². The fourth-order valence-corrected chi connectivity index (χ4v) is 3.58. The first-order valence-corrected chi connectivity index (χ1v) is 8.29. The van der Waals surface area contributed by atoms with Crippen LogP contribution in [0.4, 0.5) is 0 Å². The van der Waals surface area contributed by atoms with Crippen molar-refractivity contribution in [1.82, 2.24) is 0 Å². The Labute approximate surface area is 115 Å². The highest BCUT2D eigenvalue weighted by Gasteiger charge is 2.20. The number of hydrogen-bond donors (Lipinski definition) is 0. The van der Waals surface area contributed by atoms with Crippen molar-refractivity contribution in [2.75, 3.05) is 13.7 Å². The molecule has 1 aliphatic rings. The molecule has 18 heavy (non-hydrogen) atoms. The Kier molecular flexibility index (Phi) is 8.75. The van der Waals surface area contributed by atoms with E-state index in [0.29, 0.717) is 0 Å². The molecule has 108 valence electrons. The molecule has 1 nitrogen and oxygen atoms in total. The monoisotopic (exact) mass is 254 g/mol. The molecule has 0 heterocycles. The molecule has 1 aliphatic carbocycles. The van der Waals surface area contributed by atoms with E-state index in [2.05, 4.69) is 13.8 Å². The van der Waals surface area contributed by atoms with Gasteiger partial charge in [-0.3, -0.25) is 0 Å². The Morgan fingerprint density at radius 2 is 1.67 bits per heavy atom. The minimum absolute atomic E-state index is 0.856. The van der Waals surface area contributed by atoms with Crippen LogP contribution < -0.4 is 0 Å². The summed E-state index contributed by atoms with van der Waals surface area (Å²) in [7, 11) is 1.84. The van der Waals surface area contributed by atoms with Crippen molar-refractivity contribution in [1.29, 1.82) is 0 Å². The van der Waals surface area contributed by atoms with E-state index in [-0.39, 0.29) is 0 Å². The van der Waals surface area contributed by atoms with Gasteiger partial charge in [-0.15, -0.1) is 0 Å². The first-order chi connectivity index (χ1) is 8.80. The molecule has 0 aliphatic heterocycles. The van der Waals surface area contributed by atoms with Crippen LogP contribution in [0.25, 0.3) is 0 Å². The zero-order valence-electron chi connectivity index (χ0n) is 12.9. The van der Waals surface area contributed by atoms with Crippen LogP contribution in [-0.4, -0.2) is 13.7 Å². The summed E-state index contributed by atoms with van der Waals surface area (Å²) in [6.45, 7) is 5.66. The van der Waals surface area contributed by atoms with Crippen molar-refractivity contribution < 1.29 is 4.74 Å². The summed E-state index contributed by atoms with van der Waals surface area (Å²) in [5.74, 6) is 2.88. The van der Waals surface area contributed by atoms with Gasteiger partial charge in [0.15, 0.2) is 0 Å². The molecule has 0 aromatic carbocycles. The average molecular weight is 254 g/mol. The molecule has 0 bridgehead atoms. The molecule has 0 N–H and O–H groups in total. The van der Waals surface area contributed by atoms with Crippen molar-refractivity contribution in [2.24, 2.45) is 17.8 Å². The molecule has 1 fully saturated rings. The first-order valence-electron chi connectivity index (χ1n) is 8.29. The molecule has 1 atom stereocenters. The Morgan fingerprint density at radius 1 is 1.00 bits per heavy atom. The second kappa shape index (κ2) is 9.83. The average Bonchev–Trinajstić information content (AvgIpc) is 2.40. The molecular formula is C17H34O. The summed E-state index contributed by atoms with van der Waals surface area (Å²) in [4.78, 5) is 0. The molecule has 0 unspecified atom stereocenters. The minimum Gasteiger partial charge on any atom is -0.384 e. The zero-order chi connectivity index (χ0) is 13.2. The molecule has 1 heteroatoms. The van der Waals surface area contributed by atoms with Gasteiger partial charge in [0, 0.05) is 13.7 Å². The van der Waals surface area contributed by atoms with E-state index < -0.39 is 0 Å². The predicted molar refractivity (Wildman–Crippen MR) is 79.9 cm³/mol. The fraction of sp³-hybridized carbons (Fsp3) is 1.00. The third-order valence-corrected chi connectivity index (χ3v) is 4.87. The molecule has 0 radical (unpaired) electrons. The van der Waals surface area contributed by atoms with Gasteiger partial charge in [-0.2, -0.15) is 0 Å². The molecule has 0 saturated heterocycles. The summed E-state index contributed by atoms with van der Waals surface area (Å²) in [5, 5.41) is 0. The fourth-order valence-electron chi connectivity index (χ4n) is 3.58. The van der Waals surface area contributed by atoms with Crippen LogP contribution in [0.5, 0.6) is 0 Å². The Hall–Kier alpha value is -0.0400. The van der Waals surface area contributed by atoms with Crippen LogP contribution in [-0.2, 0) is 4.74 Å². The van der Waals surface area contributed by atoms with Crippen molar-refractivity contribution in [3.8, 4) is 0 Å². The molecule has 1 saturated carbocycles. The van der Waals surface area contributed by atoms with Gasteiger partial charge in [-0.1, -0.05) is 65.2 Å². The van der Waals surface area contributed by atoms with Gasteiger partial charge in [-0.25, -0.2) is 0 Å². The summed E-state index contributed by atoms with van der Waals surface area (Å²) < 4.78 is 5.27. The highest BCUT2D eigenvalue weighted by Crippen LogP contribution is 2.32. The maximum absolute atomic E-state index is 5.27. The molecule has 0 amide bonds. The van der Waals surface area contributed by atoms with Crippen molar-refractivity contribution >= 4 is 0 Å². The van der Waals surface area contributed by atoms with E-state index in [1.54, 1.807) is 0 Å². The highest BCUT2D eigenvalue weighted by molar-refractivity contribution is 4.72. The number of hydrogen-bond acceptors (Lipinski definition) is 1. The SMILES string of the molecule is CCC[C@@H](CC)CCCC1CCC(COC)CC1. The van der Waals surface area contributed by atoms with Gasteiger partial charge in [0.1, 0.15) is 0 Å². The van der Waals surface area contributed by atoms with Crippen molar-refractivity contribution in [2.45, 2.75) is 78.1 Å². The van der Waals surface area contributed by atoms with Gasteiger partial charge in [0.25, 0.3) is 0 Å². The maximum Gasteiger partial charge on any atom is 0.0490 e. The third kappa shape index (κ3) is 6.22. The van der Waals surface area contributed by atoms with Gasteiger partial charge in [0.05, 0.1) is 0 Å².